The number of piperidine rings is 1. The zero-order valence-corrected chi connectivity index (χ0v) is 19.6. The van der Waals surface area contributed by atoms with Gasteiger partial charge in [0.05, 0.1) is 5.92 Å². The summed E-state index contributed by atoms with van der Waals surface area (Å²) >= 11 is 0. The predicted octanol–water partition coefficient (Wildman–Crippen LogP) is 3.38. The van der Waals surface area contributed by atoms with E-state index in [-0.39, 0.29) is 17.7 Å². The van der Waals surface area contributed by atoms with Crippen molar-refractivity contribution in [3.05, 3.63) is 70.1 Å². The SMILES string of the molecule is Cc1ccccc1-c1cc(=O)oc2cc(C(C=O)C(=O)N3CCCC(C(=O)N(C)C)C3)ccc12. The maximum absolute atomic E-state index is 13.3. The van der Waals surface area contributed by atoms with E-state index in [4.69, 9.17) is 4.42 Å². The molecular weight excluding hydrogens is 432 g/mol. The van der Waals surface area contributed by atoms with Crippen molar-refractivity contribution in [2.24, 2.45) is 5.92 Å². The molecule has 2 aromatic carbocycles. The van der Waals surface area contributed by atoms with Gasteiger partial charge in [-0.25, -0.2) is 4.79 Å². The van der Waals surface area contributed by atoms with Crippen LogP contribution in [0.4, 0.5) is 0 Å². The number of rotatable bonds is 5. The summed E-state index contributed by atoms with van der Waals surface area (Å²) in [5, 5.41) is 0.726. The van der Waals surface area contributed by atoms with Crippen molar-refractivity contribution in [3.63, 3.8) is 0 Å². The maximum Gasteiger partial charge on any atom is 0.336 e. The summed E-state index contributed by atoms with van der Waals surface area (Å²) in [6.07, 6.45) is 2.04. The van der Waals surface area contributed by atoms with Crippen LogP contribution in [0.1, 0.15) is 29.9 Å². The first-order valence-corrected chi connectivity index (χ1v) is 11.4. The standard InChI is InChI=1S/C27H28N2O5/c1-17-7-4-5-9-20(17)22-14-25(31)34-24-13-18(10-11-21(22)24)23(16-30)27(33)29-12-6-8-19(15-29)26(32)28(2)3/h4-5,7,9-11,13-14,16,19,23H,6,8,12,15H2,1-3H3. The molecule has 2 amide bonds. The minimum absolute atomic E-state index is 0.0173. The van der Waals surface area contributed by atoms with E-state index < -0.39 is 11.5 Å². The Morgan fingerprint density at radius 2 is 1.88 bits per heavy atom. The average Bonchev–Trinajstić information content (AvgIpc) is 2.83. The molecule has 1 aliphatic rings. The highest BCUT2D eigenvalue weighted by Gasteiger charge is 2.33. The molecule has 0 bridgehead atoms. The van der Waals surface area contributed by atoms with Crippen molar-refractivity contribution in [2.75, 3.05) is 27.2 Å². The Hall–Kier alpha value is -3.74. The fourth-order valence-corrected chi connectivity index (χ4v) is 4.69. The summed E-state index contributed by atoms with van der Waals surface area (Å²) in [5.41, 5.74) is 2.96. The van der Waals surface area contributed by atoms with Crippen molar-refractivity contribution in [2.45, 2.75) is 25.7 Å². The van der Waals surface area contributed by atoms with E-state index >= 15 is 0 Å². The second-order valence-electron chi connectivity index (χ2n) is 9.02. The minimum atomic E-state index is -1.04. The molecule has 1 aliphatic heterocycles. The van der Waals surface area contributed by atoms with Crippen LogP contribution in [0.2, 0.25) is 0 Å². The summed E-state index contributed by atoms with van der Waals surface area (Å²) in [6.45, 7) is 2.76. The molecule has 7 nitrogen and oxygen atoms in total. The van der Waals surface area contributed by atoms with Crippen LogP contribution in [-0.2, 0) is 14.4 Å². The highest BCUT2D eigenvalue weighted by Crippen LogP contribution is 2.32. The summed E-state index contributed by atoms with van der Waals surface area (Å²) in [7, 11) is 3.40. The molecule has 0 aliphatic carbocycles. The molecule has 4 rings (SSSR count). The lowest BCUT2D eigenvalue weighted by Crippen LogP contribution is -2.46. The van der Waals surface area contributed by atoms with Gasteiger partial charge in [-0.1, -0.05) is 36.4 Å². The van der Waals surface area contributed by atoms with Gasteiger partial charge in [-0.3, -0.25) is 9.59 Å². The molecule has 2 atom stereocenters. The Kier molecular flexibility index (Phi) is 6.63. The van der Waals surface area contributed by atoms with Crippen molar-refractivity contribution in [1.82, 2.24) is 9.80 Å². The number of fused-ring (bicyclic) bond motifs is 1. The number of amides is 2. The highest BCUT2D eigenvalue weighted by molar-refractivity contribution is 6.00. The second kappa shape index (κ2) is 9.63. The van der Waals surface area contributed by atoms with E-state index in [0.717, 1.165) is 28.5 Å². The number of carbonyl (C=O) groups excluding carboxylic acids is 3. The van der Waals surface area contributed by atoms with Crippen LogP contribution >= 0.6 is 0 Å². The third-order valence-electron chi connectivity index (χ3n) is 6.49. The molecule has 0 radical (unpaired) electrons. The fraction of sp³-hybridized carbons (Fsp3) is 0.333. The molecule has 1 fully saturated rings. The van der Waals surface area contributed by atoms with Gasteiger partial charge in [0, 0.05) is 44.2 Å². The van der Waals surface area contributed by atoms with Crippen molar-refractivity contribution >= 4 is 29.1 Å². The molecular formula is C27H28N2O5. The molecule has 0 N–H and O–H groups in total. The van der Waals surface area contributed by atoms with Gasteiger partial charge in [0.2, 0.25) is 11.8 Å². The van der Waals surface area contributed by atoms with Gasteiger partial charge >= 0.3 is 5.63 Å². The van der Waals surface area contributed by atoms with Crippen LogP contribution in [0.3, 0.4) is 0 Å². The summed E-state index contributed by atoms with van der Waals surface area (Å²) < 4.78 is 5.45. The Morgan fingerprint density at radius 3 is 2.59 bits per heavy atom. The quantitative estimate of drug-likeness (QED) is 0.331. The number of nitrogens with zero attached hydrogens (tertiary/aromatic N) is 2. The summed E-state index contributed by atoms with van der Waals surface area (Å²) in [4.78, 5) is 53.2. The third-order valence-corrected chi connectivity index (χ3v) is 6.49. The van der Waals surface area contributed by atoms with Gasteiger partial charge in [0.15, 0.2) is 0 Å². The van der Waals surface area contributed by atoms with Crippen molar-refractivity contribution in [1.29, 1.82) is 0 Å². The maximum atomic E-state index is 13.3. The van der Waals surface area contributed by atoms with Gasteiger partial charge in [-0.15, -0.1) is 0 Å². The molecule has 176 valence electrons. The number of aldehydes is 1. The van der Waals surface area contributed by atoms with E-state index in [1.807, 2.05) is 31.2 Å². The lowest BCUT2D eigenvalue weighted by molar-refractivity contribution is -0.140. The number of carbonyl (C=O) groups is 3. The molecule has 1 saturated heterocycles. The van der Waals surface area contributed by atoms with Crippen LogP contribution in [0, 0.1) is 12.8 Å². The molecule has 1 aromatic heterocycles. The summed E-state index contributed by atoms with van der Waals surface area (Å²) in [6, 6.07) is 14.3. The zero-order valence-electron chi connectivity index (χ0n) is 19.6. The number of likely N-dealkylation sites (tertiary alicyclic amines) is 1. The predicted molar refractivity (Wildman–Crippen MR) is 129 cm³/mol. The van der Waals surface area contributed by atoms with Gasteiger partial charge in [0.1, 0.15) is 17.8 Å². The van der Waals surface area contributed by atoms with Gasteiger partial charge in [0.25, 0.3) is 0 Å². The van der Waals surface area contributed by atoms with Crippen molar-refractivity contribution in [3.8, 4) is 11.1 Å². The van der Waals surface area contributed by atoms with E-state index in [1.165, 1.54) is 11.0 Å². The number of hydrogen-bond donors (Lipinski definition) is 0. The average molecular weight is 461 g/mol. The van der Waals surface area contributed by atoms with Gasteiger partial charge in [-0.05, 0) is 42.5 Å². The molecule has 0 spiro atoms. The Bertz CT molecular complexity index is 1310. The molecule has 7 heteroatoms. The first kappa shape index (κ1) is 23.4. The first-order chi connectivity index (χ1) is 16.3. The lowest BCUT2D eigenvalue weighted by atomic mass is 9.92. The topological polar surface area (TPSA) is 87.9 Å². The number of benzene rings is 2. The van der Waals surface area contributed by atoms with Crippen LogP contribution in [0.5, 0.6) is 0 Å². The van der Waals surface area contributed by atoms with E-state index in [9.17, 15) is 19.2 Å². The zero-order chi connectivity index (χ0) is 24.4. The van der Waals surface area contributed by atoms with Gasteiger partial charge < -0.3 is 19.0 Å². The van der Waals surface area contributed by atoms with Crippen LogP contribution in [-0.4, -0.2) is 55.1 Å². The Labute approximate surface area is 198 Å². The number of aryl methyl sites for hydroxylation is 1. The molecule has 3 aromatic rings. The fourth-order valence-electron chi connectivity index (χ4n) is 4.69. The monoisotopic (exact) mass is 460 g/mol. The van der Waals surface area contributed by atoms with E-state index in [2.05, 4.69) is 0 Å². The Morgan fingerprint density at radius 1 is 1.12 bits per heavy atom. The largest absolute Gasteiger partial charge is 0.423 e. The van der Waals surface area contributed by atoms with Crippen molar-refractivity contribution < 1.29 is 18.8 Å². The van der Waals surface area contributed by atoms with Crippen LogP contribution in [0.25, 0.3) is 22.1 Å². The third kappa shape index (κ3) is 4.51. The first-order valence-electron chi connectivity index (χ1n) is 11.4. The van der Waals surface area contributed by atoms with E-state index in [0.29, 0.717) is 36.9 Å². The molecule has 2 unspecified atom stereocenters. The van der Waals surface area contributed by atoms with E-state index in [1.54, 1.807) is 37.2 Å². The smallest absolute Gasteiger partial charge is 0.336 e. The molecule has 0 saturated carbocycles. The highest BCUT2D eigenvalue weighted by atomic mass is 16.4. The van der Waals surface area contributed by atoms with Crippen LogP contribution < -0.4 is 5.63 Å². The van der Waals surface area contributed by atoms with Crippen LogP contribution in [0.15, 0.2) is 57.7 Å². The molecule has 34 heavy (non-hydrogen) atoms. The molecule has 2 heterocycles. The number of hydrogen-bond acceptors (Lipinski definition) is 5. The normalized spacial score (nSPS) is 16.8. The minimum Gasteiger partial charge on any atom is -0.423 e. The lowest BCUT2D eigenvalue weighted by Gasteiger charge is -2.34. The Balaban J connectivity index is 1.68. The van der Waals surface area contributed by atoms with Gasteiger partial charge in [-0.2, -0.15) is 0 Å². The second-order valence-corrected chi connectivity index (χ2v) is 9.02. The summed E-state index contributed by atoms with van der Waals surface area (Å²) in [5.74, 6) is -1.67.